The zero-order valence-corrected chi connectivity index (χ0v) is 20.8. The van der Waals surface area contributed by atoms with E-state index in [0.717, 1.165) is 22.2 Å². The Morgan fingerprint density at radius 3 is 2.68 bits per heavy atom. The second-order valence-electron chi connectivity index (χ2n) is 8.60. The highest BCUT2D eigenvalue weighted by atomic mass is 32.1. The molecule has 3 N–H and O–H groups in total. The number of benzene rings is 3. The maximum atomic E-state index is 12.9. The van der Waals surface area contributed by atoms with E-state index in [9.17, 15) is 14.9 Å². The van der Waals surface area contributed by atoms with Crippen molar-refractivity contribution < 1.29 is 14.5 Å². The number of fused-ring (bicyclic) bond motifs is 1. The van der Waals surface area contributed by atoms with Crippen LogP contribution < -0.4 is 15.5 Å². The van der Waals surface area contributed by atoms with Gasteiger partial charge in [-0.15, -0.1) is 0 Å². The third kappa shape index (κ3) is 5.27. The molecule has 4 aromatic rings. The number of nitro groups is 1. The van der Waals surface area contributed by atoms with Gasteiger partial charge in [-0.3, -0.25) is 20.2 Å². The number of amides is 1. The summed E-state index contributed by atoms with van der Waals surface area (Å²) in [6.45, 7) is 4.01. The number of aromatic nitrogens is 2. The Balaban J connectivity index is 1.31. The zero-order chi connectivity index (χ0) is 25.9. The number of carbonyl (C=O) groups is 1. The predicted molar refractivity (Wildman–Crippen MR) is 146 cm³/mol. The molecular weight excluding hydrogens is 492 g/mol. The van der Waals surface area contributed by atoms with Crippen LogP contribution in [0.3, 0.4) is 0 Å². The van der Waals surface area contributed by atoms with E-state index in [4.69, 9.17) is 17.0 Å². The number of aryl methyl sites for hydroxylation is 1. The number of ether oxygens (including phenoxy) is 1. The van der Waals surface area contributed by atoms with Gasteiger partial charge in [0.25, 0.3) is 11.6 Å². The van der Waals surface area contributed by atoms with Crippen LogP contribution in [0.2, 0.25) is 0 Å². The lowest BCUT2D eigenvalue weighted by Crippen LogP contribution is -2.37. The van der Waals surface area contributed by atoms with Crippen LogP contribution in [-0.4, -0.2) is 52.2 Å². The molecule has 0 spiro atoms. The molecule has 1 aliphatic rings. The van der Waals surface area contributed by atoms with Crippen molar-refractivity contribution in [2.24, 2.45) is 0 Å². The van der Waals surface area contributed by atoms with Gasteiger partial charge in [0.15, 0.2) is 5.11 Å². The van der Waals surface area contributed by atoms with Gasteiger partial charge in [0.2, 0.25) is 0 Å². The third-order valence-corrected chi connectivity index (χ3v) is 6.37. The topological polar surface area (TPSA) is 125 Å². The van der Waals surface area contributed by atoms with Crippen LogP contribution in [0.5, 0.6) is 0 Å². The molecule has 0 atom stereocenters. The van der Waals surface area contributed by atoms with Gasteiger partial charge in [-0.2, -0.15) is 0 Å². The zero-order valence-electron chi connectivity index (χ0n) is 20.0. The molecule has 1 aliphatic heterocycles. The minimum absolute atomic E-state index is 0.0785. The summed E-state index contributed by atoms with van der Waals surface area (Å²) in [5, 5.41) is 17.5. The van der Waals surface area contributed by atoms with E-state index in [1.165, 1.54) is 6.07 Å². The molecule has 37 heavy (non-hydrogen) atoms. The summed E-state index contributed by atoms with van der Waals surface area (Å²) in [4.78, 5) is 33.9. The average Bonchev–Trinajstić information content (AvgIpc) is 3.34. The molecule has 0 bridgehead atoms. The van der Waals surface area contributed by atoms with Crippen molar-refractivity contribution in [3.05, 3.63) is 81.9 Å². The molecule has 0 saturated carbocycles. The Labute approximate surface area is 217 Å². The van der Waals surface area contributed by atoms with Gasteiger partial charge in [-0.1, -0.05) is 24.3 Å². The number of imidazole rings is 1. The molecule has 2 heterocycles. The molecule has 1 saturated heterocycles. The maximum Gasteiger partial charge on any atom is 0.293 e. The summed E-state index contributed by atoms with van der Waals surface area (Å²) in [6, 6.07) is 18.0. The van der Waals surface area contributed by atoms with Crippen LogP contribution in [0.4, 0.5) is 17.1 Å². The number of aromatic amines is 1. The molecule has 0 radical (unpaired) electrons. The normalized spacial score (nSPS) is 13.4. The highest BCUT2D eigenvalue weighted by Crippen LogP contribution is 2.30. The molecule has 10 nitrogen and oxygen atoms in total. The Morgan fingerprint density at radius 1 is 1.14 bits per heavy atom. The van der Waals surface area contributed by atoms with Crippen molar-refractivity contribution in [3.63, 3.8) is 0 Å². The number of nitrogens with one attached hydrogen (secondary N) is 3. The number of anilines is 2. The SMILES string of the molecule is Cc1ccc(-c2nc3ccccc3[nH]2)cc1NC(=S)NC(=O)c1ccc(N2CCOCC2)c([N+](=O)[O-])c1. The molecule has 3 aromatic carbocycles. The van der Waals surface area contributed by atoms with E-state index in [2.05, 4.69) is 20.6 Å². The van der Waals surface area contributed by atoms with Gasteiger partial charge in [0.1, 0.15) is 11.5 Å². The number of para-hydroxylation sites is 2. The van der Waals surface area contributed by atoms with Crippen LogP contribution in [-0.2, 0) is 4.74 Å². The van der Waals surface area contributed by atoms with E-state index in [1.54, 1.807) is 12.1 Å². The molecule has 1 amide bonds. The molecule has 5 rings (SSSR count). The third-order valence-electron chi connectivity index (χ3n) is 6.16. The fourth-order valence-electron chi connectivity index (χ4n) is 4.20. The van der Waals surface area contributed by atoms with Crippen molar-refractivity contribution in [1.82, 2.24) is 15.3 Å². The number of hydrogen-bond acceptors (Lipinski definition) is 7. The van der Waals surface area contributed by atoms with Gasteiger partial charge < -0.3 is 19.9 Å². The van der Waals surface area contributed by atoms with Crippen LogP contribution in [0.25, 0.3) is 22.4 Å². The maximum absolute atomic E-state index is 12.9. The summed E-state index contributed by atoms with van der Waals surface area (Å²) >= 11 is 5.37. The number of hydrogen-bond donors (Lipinski definition) is 3. The van der Waals surface area contributed by atoms with Crippen LogP contribution in [0.15, 0.2) is 60.7 Å². The van der Waals surface area contributed by atoms with Crippen LogP contribution >= 0.6 is 12.2 Å². The summed E-state index contributed by atoms with van der Waals surface area (Å²) in [7, 11) is 0. The summed E-state index contributed by atoms with van der Waals surface area (Å²) in [5.41, 5.74) is 4.74. The number of nitrogens with zero attached hydrogens (tertiary/aromatic N) is 3. The fourth-order valence-corrected chi connectivity index (χ4v) is 4.41. The first-order valence-electron chi connectivity index (χ1n) is 11.7. The van der Waals surface area contributed by atoms with Crippen LogP contribution in [0, 0.1) is 17.0 Å². The van der Waals surface area contributed by atoms with Crippen molar-refractivity contribution in [2.45, 2.75) is 6.92 Å². The number of thiocarbonyl (C=S) groups is 1. The van der Waals surface area contributed by atoms with E-state index in [-0.39, 0.29) is 16.4 Å². The first kappa shape index (κ1) is 24.3. The second-order valence-corrected chi connectivity index (χ2v) is 9.01. The molecule has 1 fully saturated rings. The van der Waals surface area contributed by atoms with Gasteiger partial charge in [0, 0.05) is 36.0 Å². The summed E-state index contributed by atoms with van der Waals surface area (Å²) < 4.78 is 5.33. The van der Waals surface area contributed by atoms with E-state index < -0.39 is 10.8 Å². The lowest BCUT2D eigenvalue weighted by Gasteiger charge is -2.28. The van der Waals surface area contributed by atoms with Crippen molar-refractivity contribution in [2.75, 3.05) is 36.5 Å². The number of morpholine rings is 1. The molecular formula is C26H24N6O4S. The standard InChI is InChI=1S/C26H24N6O4S/c1-16-6-7-17(24-27-19-4-2-3-5-20(19)28-24)14-21(16)29-26(37)30-25(33)18-8-9-22(23(15-18)32(34)35)31-10-12-36-13-11-31/h2-9,14-15H,10-13H2,1H3,(H,27,28)(H2,29,30,33,37). The van der Waals surface area contributed by atoms with Crippen molar-refractivity contribution in [1.29, 1.82) is 0 Å². The Hall–Kier alpha value is -4.35. The Morgan fingerprint density at radius 2 is 1.92 bits per heavy atom. The van der Waals surface area contributed by atoms with Gasteiger partial charge in [0.05, 0.1) is 29.2 Å². The minimum Gasteiger partial charge on any atom is -0.378 e. The number of nitro benzene ring substituents is 1. The van der Waals surface area contributed by atoms with Gasteiger partial charge in [-0.25, -0.2) is 4.98 Å². The van der Waals surface area contributed by atoms with Gasteiger partial charge in [-0.05, 0) is 55.0 Å². The molecule has 11 heteroatoms. The Bertz CT molecular complexity index is 1480. The van der Waals surface area contributed by atoms with E-state index >= 15 is 0 Å². The highest BCUT2D eigenvalue weighted by Gasteiger charge is 2.23. The molecule has 1 aromatic heterocycles. The second kappa shape index (κ2) is 10.3. The fraction of sp³-hybridized carbons (Fsp3) is 0.192. The molecule has 0 unspecified atom stereocenters. The van der Waals surface area contributed by atoms with Crippen molar-refractivity contribution >= 4 is 51.3 Å². The molecule has 188 valence electrons. The Kier molecular flexibility index (Phi) is 6.80. The molecule has 0 aliphatic carbocycles. The number of rotatable bonds is 5. The summed E-state index contributed by atoms with van der Waals surface area (Å²) in [6.07, 6.45) is 0. The number of H-pyrrole nitrogens is 1. The quantitative estimate of drug-likeness (QED) is 0.202. The predicted octanol–water partition coefficient (Wildman–Crippen LogP) is 4.41. The number of carbonyl (C=O) groups excluding carboxylic acids is 1. The average molecular weight is 517 g/mol. The van der Waals surface area contributed by atoms with E-state index in [0.29, 0.717) is 43.5 Å². The minimum atomic E-state index is -0.541. The van der Waals surface area contributed by atoms with Gasteiger partial charge >= 0.3 is 0 Å². The summed E-state index contributed by atoms with van der Waals surface area (Å²) in [5.74, 6) is 0.173. The highest BCUT2D eigenvalue weighted by molar-refractivity contribution is 7.80. The first-order chi connectivity index (χ1) is 17.9. The van der Waals surface area contributed by atoms with Crippen LogP contribution in [0.1, 0.15) is 15.9 Å². The smallest absolute Gasteiger partial charge is 0.293 e. The monoisotopic (exact) mass is 516 g/mol. The van der Waals surface area contributed by atoms with E-state index in [1.807, 2.05) is 54.3 Å². The first-order valence-corrected chi connectivity index (χ1v) is 12.1. The van der Waals surface area contributed by atoms with Crippen molar-refractivity contribution in [3.8, 4) is 11.4 Å². The largest absolute Gasteiger partial charge is 0.378 e. The lowest BCUT2D eigenvalue weighted by atomic mass is 10.1. The lowest BCUT2D eigenvalue weighted by molar-refractivity contribution is -0.384.